The van der Waals surface area contributed by atoms with Gasteiger partial charge < -0.3 is 9.73 Å². The molecular weight excluding hydrogens is 422 g/mol. The summed E-state index contributed by atoms with van der Waals surface area (Å²) in [6.07, 6.45) is 0.679. The van der Waals surface area contributed by atoms with Crippen LogP contribution in [0.1, 0.15) is 28.0 Å². The zero-order valence-corrected chi connectivity index (χ0v) is 17.7. The van der Waals surface area contributed by atoms with E-state index in [2.05, 4.69) is 15.0 Å². The lowest BCUT2D eigenvalue weighted by atomic mass is 10.2. The SMILES string of the molecule is CCc1nc2cc(NC(=O)c3cccc(S(=O)(=O)NCc4cccs4)c3)ccc2o1. The molecule has 0 radical (unpaired) electrons. The Hall–Kier alpha value is -3.01. The van der Waals surface area contributed by atoms with Crippen LogP contribution in [-0.4, -0.2) is 19.3 Å². The van der Waals surface area contributed by atoms with E-state index in [4.69, 9.17) is 4.42 Å². The van der Waals surface area contributed by atoms with Gasteiger partial charge in [-0.15, -0.1) is 11.3 Å². The van der Waals surface area contributed by atoms with E-state index in [1.807, 2.05) is 24.4 Å². The Balaban J connectivity index is 1.50. The molecule has 0 fully saturated rings. The van der Waals surface area contributed by atoms with E-state index < -0.39 is 15.9 Å². The van der Waals surface area contributed by atoms with E-state index in [0.717, 1.165) is 4.88 Å². The normalized spacial score (nSPS) is 11.6. The summed E-state index contributed by atoms with van der Waals surface area (Å²) in [6, 6.07) is 14.8. The highest BCUT2D eigenvalue weighted by Crippen LogP contribution is 2.21. The molecule has 30 heavy (non-hydrogen) atoms. The number of thiophene rings is 1. The van der Waals surface area contributed by atoms with Gasteiger partial charge in [-0.2, -0.15) is 0 Å². The van der Waals surface area contributed by atoms with Crippen LogP contribution in [0.5, 0.6) is 0 Å². The minimum Gasteiger partial charge on any atom is -0.441 e. The number of sulfonamides is 1. The number of amides is 1. The summed E-state index contributed by atoms with van der Waals surface area (Å²) >= 11 is 1.47. The maximum absolute atomic E-state index is 12.7. The van der Waals surface area contributed by atoms with Crippen LogP contribution in [0.3, 0.4) is 0 Å². The second kappa shape index (κ2) is 8.39. The van der Waals surface area contributed by atoms with Gasteiger partial charge in [-0.25, -0.2) is 18.1 Å². The van der Waals surface area contributed by atoms with Crippen molar-refractivity contribution in [3.8, 4) is 0 Å². The molecule has 0 saturated carbocycles. The van der Waals surface area contributed by atoms with E-state index in [-0.39, 0.29) is 17.0 Å². The van der Waals surface area contributed by atoms with Crippen LogP contribution in [0.2, 0.25) is 0 Å². The molecule has 2 N–H and O–H groups in total. The van der Waals surface area contributed by atoms with Gasteiger partial charge in [-0.1, -0.05) is 19.1 Å². The minimum absolute atomic E-state index is 0.0336. The van der Waals surface area contributed by atoms with Crippen LogP contribution < -0.4 is 10.0 Å². The van der Waals surface area contributed by atoms with Gasteiger partial charge >= 0.3 is 0 Å². The molecule has 154 valence electrons. The van der Waals surface area contributed by atoms with Crippen molar-refractivity contribution in [3.63, 3.8) is 0 Å². The first-order valence-corrected chi connectivity index (χ1v) is 11.6. The zero-order chi connectivity index (χ0) is 21.1. The Morgan fingerprint density at radius 2 is 2.00 bits per heavy atom. The smallest absolute Gasteiger partial charge is 0.255 e. The summed E-state index contributed by atoms with van der Waals surface area (Å²) in [6.45, 7) is 2.15. The second-order valence-corrected chi connectivity index (χ2v) is 9.33. The molecule has 0 aliphatic rings. The monoisotopic (exact) mass is 441 g/mol. The Labute approximate surface area is 177 Å². The fourth-order valence-electron chi connectivity index (χ4n) is 2.87. The number of rotatable bonds is 7. The molecule has 0 unspecified atom stereocenters. The molecule has 0 spiro atoms. The second-order valence-electron chi connectivity index (χ2n) is 6.53. The number of oxazole rings is 1. The molecule has 4 rings (SSSR count). The summed E-state index contributed by atoms with van der Waals surface area (Å²) in [7, 11) is -3.74. The van der Waals surface area contributed by atoms with Crippen LogP contribution in [0.4, 0.5) is 5.69 Å². The van der Waals surface area contributed by atoms with Crippen molar-refractivity contribution in [2.24, 2.45) is 0 Å². The number of anilines is 1. The maximum Gasteiger partial charge on any atom is 0.255 e. The first-order valence-electron chi connectivity index (χ1n) is 9.27. The molecule has 2 aromatic heterocycles. The number of hydrogen-bond acceptors (Lipinski definition) is 6. The Bertz CT molecular complexity index is 1300. The maximum atomic E-state index is 12.7. The standard InChI is InChI=1S/C21H19N3O4S2/c1-2-20-24-18-12-15(8-9-19(18)28-20)23-21(25)14-5-3-7-17(11-14)30(26,27)22-13-16-6-4-10-29-16/h3-12,22H,2,13H2,1H3,(H,23,25). The van der Waals surface area contributed by atoms with Crippen LogP contribution >= 0.6 is 11.3 Å². The molecule has 2 aromatic carbocycles. The predicted molar refractivity (Wildman–Crippen MR) is 116 cm³/mol. The van der Waals surface area contributed by atoms with E-state index in [1.165, 1.54) is 23.5 Å². The molecule has 0 bridgehead atoms. The van der Waals surface area contributed by atoms with Gasteiger partial charge in [0.1, 0.15) is 5.52 Å². The van der Waals surface area contributed by atoms with Gasteiger partial charge in [0.05, 0.1) is 4.90 Å². The fraction of sp³-hybridized carbons (Fsp3) is 0.143. The third-order valence-electron chi connectivity index (χ3n) is 4.42. The quantitative estimate of drug-likeness (QED) is 0.448. The summed E-state index contributed by atoms with van der Waals surface area (Å²) in [5.74, 6) is 0.213. The number of carbonyl (C=O) groups excluding carboxylic acids is 1. The van der Waals surface area contributed by atoms with Gasteiger partial charge in [0.15, 0.2) is 11.5 Å². The molecular formula is C21H19N3O4S2. The average molecular weight is 442 g/mol. The highest BCUT2D eigenvalue weighted by Gasteiger charge is 2.17. The number of fused-ring (bicyclic) bond motifs is 1. The number of benzene rings is 2. The van der Waals surface area contributed by atoms with Crippen molar-refractivity contribution in [1.82, 2.24) is 9.71 Å². The summed E-state index contributed by atoms with van der Waals surface area (Å²) in [5.41, 5.74) is 2.09. The van der Waals surface area contributed by atoms with Gasteiger partial charge in [0.25, 0.3) is 5.91 Å². The average Bonchev–Trinajstić information content (AvgIpc) is 3.41. The highest BCUT2D eigenvalue weighted by atomic mass is 32.2. The van der Waals surface area contributed by atoms with Gasteiger partial charge in [-0.05, 0) is 47.8 Å². The third-order valence-corrected chi connectivity index (χ3v) is 6.69. The van der Waals surface area contributed by atoms with Crippen LogP contribution in [-0.2, 0) is 23.0 Å². The van der Waals surface area contributed by atoms with E-state index >= 15 is 0 Å². The van der Waals surface area contributed by atoms with Crippen molar-refractivity contribution in [3.05, 3.63) is 76.3 Å². The lowest BCUT2D eigenvalue weighted by Gasteiger charge is -2.09. The van der Waals surface area contributed by atoms with Gasteiger partial charge in [0.2, 0.25) is 10.0 Å². The fourth-order valence-corrected chi connectivity index (χ4v) is 4.66. The molecule has 0 saturated heterocycles. The number of aromatic nitrogens is 1. The van der Waals surface area contributed by atoms with Gasteiger partial charge in [-0.3, -0.25) is 4.79 Å². The summed E-state index contributed by atoms with van der Waals surface area (Å²) < 4.78 is 33.3. The van der Waals surface area contributed by atoms with Crippen molar-refractivity contribution >= 4 is 44.1 Å². The van der Waals surface area contributed by atoms with Crippen molar-refractivity contribution < 1.29 is 17.6 Å². The van der Waals surface area contributed by atoms with Crippen LogP contribution in [0.25, 0.3) is 11.1 Å². The van der Waals surface area contributed by atoms with Crippen molar-refractivity contribution in [2.45, 2.75) is 24.8 Å². The molecule has 4 aromatic rings. The third kappa shape index (κ3) is 4.43. The van der Waals surface area contributed by atoms with Gasteiger partial charge in [0, 0.05) is 29.1 Å². The summed E-state index contributed by atoms with van der Waals surface area (Å²) in [4.78, 5) is 18.0. The molecule has 0 atom stereocenters. The number of nitrogens with zero attached hydrogens (tertiary/aromatic N) is 1. The minimum atomic E-state index is -3.74. The molecule has 9 heteroatoms. The molecule has 0 aliphatic carbocycles. The summed E-state index contributed by atoms with van der Waals surface area (Å²) in [5, 5.41) is 4.66. The molecule has 0 aliphatic heterocycles. The Kier molecular flexibility index (Phi) is 5.67. The van der Waals surface area contributed by atoms with Crippen molar-refractivity contribution in [1.29, 1.82) is 0 Å². The number of carbonyl (C=O) groups is 1. The van der Waals surface area contributed by atoms with E-state index in [9.17, 15) is 13.2 Å². The Morgan fingerprint density at radius 1 is 1.13 bits per heavy atom. The number of nitrogens with one attached hydrogen (secondary N) is 2. The topological polar surface area (TPSA) is 101 Å². The first kappa shape index (κ1) is 20.3. The largest absolute Gasteiger partial charge is 0.441 e. The van der Waals surface area contributed by atoms with Crippen LogP contribution in [0.15, 0.2) is 69.3 Å². The predicted octanol–water partition coefficient (Wildman–Crippen LogP) is 4.18. The highest BCUT2D eigenvalue weighted by molar-refractivity contribution is 7.89. The molecule has 2 heterocycles. The molecule has 1 amide bonds. The van der Waals surface area contributed by atoms with Crippen molar-refractivity contribution in [2.75, 3.05) is 5.32 Å². The van der Waals surface area contributed by atoms with Crippen LogP contribution in [0, 0.1) is 0 Å². The lowest BCUT2D eigenvalue weighted by molar-refractivity contribution is 0.102. The first-order chi connectivity index (χ1) is 14.4. The zero-order valence-electron chi connectivity index (χ0n) is 16.1. The number of aryl methyl sites for hydroxylation is 1. The lowest BCUT2D eigenvalue weighted by Crippen LogP contribution is -2.23. The molecule has 7 nitrogen and oxygen atoms in total. The Morgan fingerprint density at radius 3 is 2.77 bits per heavy atom. The number of hydrogen-bond donors (Lipinski definition) is 2. The van der Waals surface area contributed by atoms with E-state index in [0.29, 0.717) is 29.1 Å². The van der Waals surface area contributed by atoms with E-state index in [1.54, 1.807) is 30.3 Å².